The zero-order valence-electron chi connectivity index (χ0n) is 56.0. The molecule has 510 valence electrons. The highest BCUT2D eigenvalue weighted by Gasteiger charge is 2.60. The summed E-state index contributed by atoms with van der Waals surface area (Å²) in [5, 5.41) is 0. The van der Waals surface area contributed by atoms with Crippen molar-refractivity contribution in [2.75, 3.05) is 52.9 Å². The summed E-state index contributed by atoms with van der Waals surface area (Å²) < 4.78 is 40.9. The smallest absolute Gasteiger partial charge is 0.333 e. The molecule has 16 nitrogen and oxygen atoms in total. The molecule has 11 rings (SSSR count). The molecule has 0 radical (unpaired) electrons. The van der Waals surface area contributed by atoms with Crippen molar-refractivity contribution in [1.82, 2.24) is 0 Å². The molecule has 6 bridgehead atoms. The molecule has 11 aliphatic carbocycles. The van der Waals surface area contributed by atoms with Crippen LogP contribution in [0.5, 0.6) is 0 Å². The Morgan fingerprint density at radius 3 is 0.859 bits per heavy atom. The maximum absolute atomic E-state index is 11.8. The van der Waals surface area contributed by atoms with Crippen LogP contribution in [-0.4, -0.2) is 101 Å². The van der Waals surface area contributed by atoms with E-state index in [1.54, 1.807) is 66.2 Å². The molecule has 0 aliphatic heterocycles. The predicted octanol–water partition coefficient (Wildman–Crippen LogP) is 13.8. The summed E-state index contributed by atoms with van der Waals surface area (Å²) in [5.74, 6) is 11.2. The monoisotopic (exact) mass is 1280 g/mol. The van der Waals surface area contributed by atoms with E-state index in [-0.39, 0.29) is 47.8 Å². The zero-order valence-corrected chi connectivity index (χ0v) is 56.0. The van der Waals surface area contributed by atoms with Crippen molar-refractivity contribution in [3.05, 3.63) is 100 Å². The van der Waals surface area contributed by atoms with Gasteiger partial charge in [-0.1, -0.05) is 71.9 Å². The summed E-state index contributed by atoms with van der Waals surface area (Å²) in [7, 11) is 0. The van der Waals surface area contributed by atoms with Crippen LogP contribution in [0.3, 0.4) is 0 Å². The van der Waals surface area contributed by atoms with Gasteiger partial charge in [0.15, 0.2) is 0 Å². The first-order valence-electron chi connectivity index (χ1n) is 34.6. The Hall–Kier alpha value is -6.32. The number of fused-ring (bicyclic) bond motifs is 16. The maximum atomic E-state index is 11.8. The number of carbonyl (C=O) groups is 8. The summed E-state index contributed by atoms with van der Waals surface area (Å²) in [6.45, 7) is 37.8. The van der Waals surface area contributed by atoms with E-state index >= 15 is 0 Å². The Bertz CT molecular complexity index is 2430. The first kappa shape index (κ1) is 74.7. The molecule has 11 saturated carbocycles. The third kappa shape index (κ3) is 20.6. The molecule has 0 saturated heterocycles. The van der Waals surface area contributed by atoms with Gasteiger partial charge in [-0.05, 0) is 232 Å². The van der Waals surface area contributed by atoms with Gasteiger partial charge in [0, 0.05) is 71.3 Å². The van der Waals surface area contributed by atoms with Crippen molar-refractivity contribution in [3.63, 3.8) is 0 Å². The average Bonchev–Trinajstić information content (AvgIpc) is 1.60. The lowest BCUT2D eigenvalue weighted by molar-refractivity contribution is -0.147. The van der Waals surface area contributed by atoms with Gasteiger partial charge in [-0.2, -0.15) is 0 Å². The van der Waals surface area contributed by atoms with Gasteiger partial charge < -0.3 is 37.9 Å². The van der Waals surface area contributed by atoms with E-state index in [2.05, 4.69) is 62.1 Å². The van der Waals surface area contributed by atoms with Crippen LogP contribution in [0.4, 0.5) is 0 Å². The van der Waals surface area contributed by atoms with E-state index in [9.17, 15) is 38.4 Å². The van der Waals surface area contributed by atoms with Gasteiger partial charge in [0.2, 0.25) is 0 Å². The van der Waals surface area contributed by atoms with Crippen molar-refractivity contribution < 1.29 is 76.3 Å². The molecule has 18 unspecified atom stereocenters. The molecule has 0 aromatic carbocycles. The molecular weight excluding hydrogens is 1170 g/mol. The lowest BCUT2D eigenvalue weighted by Crippen LogP contribution is -2.38. The number of hydrogen-bond acceptors (Lipinski definition) is 16. The van der Waals surface area contributed by atoms with Crippen molar-refractivity contribution in [2.24, 2.45) is 118 Å². The van der Waals surface area contributed by atoms with Crippen LogP contribution in [0.25, 0.3) is 0 Å². The van der Waals surface area contributed by atoms with Gasteiger partial charge in [-0.3, -0.25) is 0 Å². The van der Waals surface area contributed by atoms with Crippen molar-refractivity contribution >= 4 is 47.8 Å². The number of esters is 8. The van der Waals surface area contributed by atoms with Gasteiger partial charge in [-0.15, -0.1) is 0 Å². The van der Waals surface area contributed by atoms with Crippen LogP contribution < -0.4 is 0 Å². The Morgan fingerprint density at radius 1 is 0.304 bits per heavy atom. The molecule has 11 aliphatic rings. The van der Waals surface area contributed by atoms with Gasteiger partial charge in [0.05, 0.1) is 52.9 Å². The van der Waals surface area contributed by atoms with Crippen LogP contribution >= 0.6 is 0 Å². The van der Waals surface area contributed by atoms with E-state index < -0.39 is 0 Å². The third-order valence-electron chi connectivity index (χ3n) is 22.9. The minimum atomic E-state index is -0.368. The zero-order chi connectivity index (χ0) is 67.0. The number of carbonyl (C=O) groups excluding carboxylic acids is 8. The van der Waals surface area contributed by atoms with Crippen LogP contribution in [0.15, 0.2) is 100 Å². The third-order valence-corrected chi connectivity index (χ3v) is 22.9. The van der Waals surface area contributed by atoms with E-state index in [0.29, 0.717) is 129 Å². The molecule has 92 heavy (non-hydrogen) atoms. The fourth-order valence-electron chi connectivity index (χ4n) is 19.1. The Kier molecular flexibility index (Phi) is 30.5. The SMILES string of the molecule is C1CC2C3CCC(C3)C2C1.C=C(C)C(=O)OCC1C(COC(=O)C(=C)C)C2CC1C1CCCC12.C=CC(=O)OCC.C=CC(=O)OCC.C=CC(=O)OCC1C(COC(=O)C=C)C2CC1C1CCCC12.C=CC(=O)OCC1CCC2CCC(COC(=O)C=C)CC2C1. The van der Waals surface area contributed by atoms with Gasteiger partial charge in [-0.25, -0.2) is 38.4 Å². The second-order valence-electron chi connectivity index (χ2n) is 27.8. The van der Waals surface area contributed by atoms with Crippen LogP contribution in [0, 0.1) is 118 Å². The van der Waals surface area contributed by atoms with E-state index in [1.165, 1.54) is 112 Å². The van der Waals surface area contributed by atoms with Crippen molar-refractivity contribution in [1.29, 1.82) is 0 Å². The molecule has 0 aromatic rings. The Morgan fingerprint density at radius 2 is 0.576 bits per heavy atom. The quantitative estimate of drug-likeness (QED) is 0.0560. The first-order valence-corrected chi connectivity index (χ1v) is 34.6. The van der Waals surface area contributed by atoms with Crippen LogP contribution in [0.2, 0.25) is 0 Å². The molecule has 16 heteroatoms. The van der Waals surface area contributed by atoms with E-state index in [4.69, 9.17) is 28.4 Å². The lowest BCUT2D eigenvalue weighted by Gasteiger charge is -2.41. The lowest BCUT2D eigenvalue weighted by atomic mass is 9.65. The Labute approximate surface area is 549 Å². The highest BCUT2D eigenvalue weighted by Crippen LogP contribution is 2.65. The normalized spacial score (nSPS) is 33.4. The molecule has 0 heterocycles. The number of rotatable bonds is 22. The molecule has 0 N–H and O–H groups in total. The van der Waals surface area contributed by atoms with Crippen LogP contribution in [-0.2, 0) is 76.3 Å². The molecule has 0 amide bonds. The average molecular weight is 1280 g/mol. The first-order chi connectivity index (χ1) is 44.2. The minimum Gasteiger partial charge on any atom is -0.463 e. The van der Waals surface area contributed by atoms with E-state index in [1.807, 2.05) is 0 Å². The molecule has 0 aromatic heterocycles. The van der Waals surface area contributed by atoms with Gasteiger partial charge >= 0.3 is 47.8 Å². The highest BCUT2D eigenvalue weighted by atomic mass is 16.6. The summed E-state index contributed by atoms with van der Waals surface area (Å²) in [6, 6.07) is 0. The van der Waals surface area contributed by atoms with Crippen molar-refractivity contribution in [3.8, 4) is 0 Å². The minimum absolute atomic E-state index is 0.301. The van der Waals surface area contributed by atoms with Crippen molar-refractivity contribution in [2.45, 2.75) is 156 Å². The summed E-state index contributed by atoms with van der Waals surface area (Å²) in [4.78, 5) is 88.8. The second-order valence-corrected chi connectivity index (χ2v) is 27.8. The molecular formula is C76H110O16. The molecule has 11 fully saturated rings. The van der Waals surface area contributed by atoms with Crippen LogP contribution in [0.1, 0.15) is 156 Å². The fourth-order valence-corrected chi connectivity index (χ4v) is 19.1. The fraction of sp³-hybridized carbons (Fsp3) is 0.684. The second kappa shape index (κ2) is 37.5. The van der Waals surface area contributed by atoms with Gasteiger partial charge in [0.1, 0.15) is 0 Å². The van der Waals surface area contributed by atoms with E-state index in [0.717, 1.165) is 67.4 Å². The number of hydrogen-bond donors (Lipinski definition) is 0. The topological polar surface area (TPSA) is 210 Å². The molecule has 18 atom stereocenters. The van der Waals surface area contributed by atoms with Gasteiger partial charge in [0.25, 0.3) is 0 Å². The largest absolute Gasteiger partial charge is 0.463 e. The number of ether oxygens (including phenoxy) is 8. The Balaban J connectivity index is 0.000000186. The predicted molar refractivity (Wildman–Crippen MR) is 352 cm³/mol. The summed E-state index contributed by atoms with van der Waals surface area (Å²) in [5.41, 5.74) is 0.865. The molecule has 0 spiro atoms. The standard InChI is InChI=1S/C20H28O4.C18H24O4.C18H26O4.C10H16.2C5H8O2/c1-11(2)19(21)23-9-17-15-8-16(14-7-5-6-13(14)15)18(17)10-24-20(22)12(3)4;1-3-17(19)21-9-15-13-8-14(12-7-5-6-11(12)13)16(15)10-22-18(20)4-2;1-3-17(19)21-11-13-5-7-15-8-6-14(10-16(15)9-13)12-22-18(20)4-2;1-2-9-7-4-5-8(6-7)10(9)3-1;2*1-3-5(6)7-4-2/h13-18H,1,3,5-10H2,2,4H3;3-4,11-16H,1-2,5-10H2;3-4,13-16H,1-2,5-12H2;7-10H,1-6H2;2*3H,1,4H2,2H3. The summed E-state index contributed by atoms with van der Waals surface area (Å²) in [6.07, 6.45) is 33.8. The highest BCUT2D eigenvalue weighted by molar-refractivity contribution is 5.87. The maximum Gasteiger partial charge on any atom is 0.333 e. The summed E-state index contributed by atoms with van der Waals surface area (Å²) >= 11 is 0.